The van der Waals surface area contributed by atoms with Gasteiger partial charge in [0, 0.05) is 54.7 Å². The molecule has 1 aromatic heterocycles. The molecular weight excluding hydrogens is 544 g/mol. The minimum Gasteiger partial charge on any atom is -1.00 e. The molecule has 4 aliphatic heterocycles. The molecule has 0 amide bonds. The maximum Gasteiger partial charge on any atom is 0.332 e. The van der Waals surface area contributed by atoms with Crippen LogP contribution in [0.25, 0.3) is 0 Å². The number of hydrogen-bond donors (Lipinski definition) is 0. The van der Waals surface area contributed by atoms with Gasteiger partial charge in [-0.15, -0.1) is 11.3 Å². The first-order chi connectivity index (χ1) is 16.6. The number of hydrogen-bond acceptors (Lipinski definition) is 6. The van der Waals surface area contributed by atoms with Crippen molar-refractivity contribution < 1.29 is 35.7 Å². The van der Waals surface area contributed by atoms with Gasteiger partial charge in [-0.3, -0.25) is 4.90 Å². The average Bonchev–Trinajstić information content (AvgIpc) is 3.44. The summed E-state index contributed by atoms with van der Waals surface area (Å²) in [5, 5.41) is 2.07. The van der Waals surface area contributed by atoms with Crippen LogP contribution in [-0.2, 0) is 15.1 Å². The van der Waals surface area contributed by atoms with E-state index in [0.717, 1.165) is 78.7 Å². The highest BCUT2D eigenvalue weighted by atomic mass is 79.9. The highest BCUT2D eigenvalue weighted by molar-refractivity contribution is 7.99. The summed E-state index contributed by atoms with van der Waals surface area (Å²) in [4.78, 5) is 17.3. The molecule has 8 heteroatoms. The predicted molar refractivity (Wildman–Crippen MR) is 139 cm³/mol. The third-order valence-corrected chi connectivity index (χ3v) is 10.2. The first-order valence-electron chi connectivity index (χ1n) is 12.7. The summed E-state index contributed by atoms with van der Waals surface area (Å²) in [7, 11) is 0. The molecule has 0 N–H and O–H groups in total. The van der Waals surface area contributed by atoms with E-state index < -0.39 is 5.54 Å². The molecule has 2 bridgehead atoms. The van der Waals surface area contributed by atoms with Gasteiger partial charge in [-0.2, -0.15) is 11.8 Å². The summed E-state index contributed by atoms with van der Waals surface area (Å²) >= 11 is 3.65. The SMILES string of the molecule is CC(C(=O)O[C@H]1C[N+]2(CCCOc3ccccc3)CCC1CC2)(c1cccs1)N1CCSCC1.[Br-]. The van der Waals surface area contributed by atoms with E-state index in [-0.39, 0.29) is 29.1 Å². The smallest absolute Gasteiger partial charge is 0.332 e. The van der Waals surface area contributed by atoms with Crippen molar-refractivity contribution in [3.05, 3.63) is 52.7 Å². The van der Waals surface area contributed by atoms with Gasteiger partial charge in [0.15, 0.2) is 11.6 Å². The van der Waals surface area contributed by atoms with Gasteiger partial charge in [0.05, 0.1) is 26.2 Å². The monoisotopic (exact) mass is 580 g/mol. The molecule has 0 spiro atoms. The van der Waals surface area contributed by atoms with E-state index in [0.29, 0.717) is 5.92 Å². The Balaban J connectivity index is 0.00000289. The lowest BCUT2D eigenvalue weighted by Gasteiger charge is -2.52. The zero-order valence-electron chi connectivity index (χ0n) is 20.6. The number of piperidine rings is 3. The van der Waals surface area contributed by atoms with E-state index >= 15 is 0 Å². The van der Waals surface area contributed by atoms with E-state index in [4.69, 9.17) is 9.47 Å². The van der Waals surface area contributed by atoms with Crippen molar-refractivity contribution in [2.75, 3.05) is 57.4 Å². The number of benzene rings is 1. The topological polar surface area (TPSA) is 38.8 Å². The van der Waals surface area contributed by atoms with E-state index in [1.165, 1.54) is 13.1 Å². The lowest BCUT2D eigenvalue weighted by molar-refractivity contribution is -0.946. The second kappa shape index (κ2) is 12.0. The van der Waals surface area contributed by atoms with Crippen molar-refractivity contribution in [2.24, 2.45) is 5.92 Å². The van der Waals surface area contributed by atoms with Crippen molar-refractivity contribution in [1.29, 1.82) is 0 Å². The summed E-state index contributed by atoms with van der Waals surface area (Å²) in [6.07, 6.45) is 3.38. The van der Waals surface area contributed by atoms with E-state index in [1.54, 1.807) is 11.3 Å². The van der Waals surface area contributed by atoms with Crippen LogP contribution in [0, 0.1) is 5.92 Å². The van der Waals surface area contributed by atoms with Crippen LogP contribution >= 0.6 is 23.1 Å². The van der Waals surface area contributed by atoms with Crippen molar-refractivity contribution in [3.8, 4) is 5.75 Å². The molecule has 5 nitrogen and oxygen atoms in total. The molecule has 192 valence electrons. The molecule has 1 aromatic carbocycles. The molecule has 4 aliphatic rings. The molecule has 6 rings (SSSR count). The van der Waals surface area contributed by atoms with Crippen LogP contribution in [0.2, 0.25) is 0 Å². The first kappa shape index (κ1) is 27.0. The fourth-order valence-electron chi connectivity index (χ4n) is 5.98. The van der Waals surface area contributed by atoms with Gasteiger partial charge < -0.3 is 30.9 Å². The normalized spacial score (nSPS) is 28.0. The quantitative estimate of drug-likeness (QED) is 0.256. The molecular formula is C27H37BrN2O3S2. The molecule has 2 atom stereocenters. The number of nitrogens with zero attached hydrogens (tertiary/aromatic N) is 2. The Morgan fingerprint density at radius 2 is 1.86 bits per heavy atom. The lowest BCUT2D eigenvalue weighted by atomic mass is 9.83. The Labute approximate surface area is 228 Å². The minimum atomic E-state index is -0.685. The molecule has 0 aliphatic carbocycles. The molecule has 4 fully saturated rings. The standard InChI is InChI=1S/C27H37N2O3S2.BrH/c1-27(25-9-5-18-34-25,28-12-19-33-20-13-28)26(30)32-24-21-29(15-10-22(24)11-16-29)14-6-17-31-23-7-3-2-4-8-23;/h2-5,7-9,18,22,24H,6,10-17,19-21H2,1H3;1H/q+1;/p-1/t22?,24-,27?,29?;/m0./s1. The molecule has 1 unspecified atom stereocenters. The summed E-state index contributed by atoms with van der Waals surface area (Å²) in [6.45, 7) is 9.15. The highest BCUT2D eigenvalue weighted by Gasteiger charge is 2.50. The van der Waals surface area contributed by atoms with Crippen molar-refractivity contribution in [2.45, 2.75) is 37.8 Å². The number of carbonyl (C=O) groups excluding carboxylic acids is 1. The number of halogens is 1. The third kappa shape index (κ3) is 5.93. The Bertz CT molecular complexity index is 931. The van der Waals surface area contributed by atoms with Crippen LogP contribution in [-0.4, -0.2) is 78.8 Å². The van der Waals surface area contributed by atoms with Gasteiger partial charge in [0.2, 0.25) is 0 Å². The van der Waals surface area contributed by atoms with E-state index in [9.17, 15) is 4.79 Å². The van der Waals surface area contributed by atoms with Crippen LogP contribution in [0.4, 0.5) is 0 Å². The van der Waals surface area contributed by atoms with Crippen LogP contribution in [0.15, 0.2) is 47.8 Å². The average molecular weight is 582 g/mol. The molecule has 0 saturated carbocycles. The first-order valence-corrected chi connectivity index (χ1v) is 14.7. The number of thiophene rings is 1. The number of rotatable bonds is 9. The maximum absolute atomic E-state index is 13.8. The van der Waals surface area contributed by atoms with Crippen molar-refractivity contribution >= 4 is 29.1 Å². The second-order valence-corrected chi connectivity index (χ2v) is 12.3. The molecule has 5 heterocycles. The zero-order valence-corrected chi connectivity index (χ0v) is 23.8. The van der Waals surface area contributed by atoms with Gasteiger partial charge in [-0.25, -0.2) is 4.79 Å². The Morgan fingerprint density at radius 3 is 2.54 bits per heavy atom. The molecule has 0 radical (unpaired) electrons. The maximum atomic E-state index is 13.8. The van der Waals surface area contributed by atoms with Crippen LogP contribution < -0.4 is 21.7 Å². The summed E-state index contributed by atoms with van der Waals surface area (Å²) < 4.78 is 13.5. The molecule has 35 heavy (non-hydrogen) atoms. The van der Waals surface area contributed by atoms with Crippen molar-refractivity contribution in [3.63, 3.8) is 0 Å². The van der Waals surface area contributed by atoms with Gasteiger partial charge in [0.25, 0.3) is 0 Å². The number of carbonyl (C=O) groups is 1. The highest BCUT2D eigenvalue weighted by Crippen LogP contribution is 2.39. The van der Waals surface area contributed by atoms with Gasteiger partial charge >= 0.3 is 5.97 Å². The number of quaternary nitrogens is 1. The number of thioether (sulfide) groups is 1. The molecule has 2 aromatic rings. The number of para-hydroxylation sites is 1. The van der Waals surface area contributed by atoms with Crippen LogP contribution in [0.3, 0.4) is 0 Å². The number of fused-ring (bicyclic) bond motifs is 3. The summed E-state index contributed by atoms with van der Waals surface area (Å²) in [6, 6.07) is 14.2. The number of esters is 1. The Hall–Kier alpha value is -1.06. The van der Waals surface area contributed by atoms with E-state index in [1.807, 2.05) is 42.1 Å². The zero-order chi connectivity index (χ0) is 23.4. The third-order valence-electron chi connectivity index (χ3n) is 8.13. The lowest BCUT2D eigenvalue weighted by Crippen LogP contribution is -3.00. The van der Waals surface area contributed by atoms with Crippen LogP contribution in [0.5, 0.6) is 5.75 Å². The van der Waals surface area contributed by atoms with Gasteiger partial charge in [-0.1, -0.05) is 24.3 Å². The van der Waals surface area contributed by atoms with E-state index in [2.05, 4.69) is 29.3 Å². The van der Waals surface area contributed by atoms with Crippen molar-refractivity contribution in [1.82, 2.24) is 4.90 Å². The summed E-state index contributed by atoms with van der Waals surface area (Å²) in [5.74, 6) is 3.55. The minimum absolute atomic E-state index is 0. The Kier molecular flexibility index (Phi) is 9.25. The fraction of sp³-hybridized carbons (Fsp3) is 0.593. The van der Waals surface area contributed by atoms with Crippen LogP contribution in [0.1, 0.15) is 31.1 Å². The summed E-state index contributed by atoms with van der Waals surface area (Å²) in [5.41, 5.74) is -0.685. The molecule has 4 saturated heterocycles. The Morgan fingerprint density at radius 1 is 1.11 bits per heavy atom. The second-order valence-electron chi connectivity index (χ2n) is 10.1. The van der Waals surface area contributed by atoms with Gasteiger partial charge in [-0.05, 0) is 30.5 Å². The fourth-order valence-corrected chi connectivity index (χ4v) is 7.79. The predicted octanol–water partition coefficient (Wildman–Crippen LogP) is 1.64. The van der Waals surface area contributed by atoms with Gasteiger partial charge in [0.1, 0.15) is 12.3 Å². The largest absolute Gasteiger partial charge is 1.00 e. The number of ether oxygens (including phenoxy) is 2.